The van der Waals surface area contributed by atoms with E-state index in [4.69, 9.17) is 0 Å². The predicted molar refractivity (Wildman–Crippen MR) is 96.9 cm³/mol. The topological polar surface area (TPSA) is 40.6 Å². The first kappa shape index (κ1) is 18.5. The third-order valence-corrected chi connectivity index (χ3v) is 4.51. The van der Waals surface area contributed by atoms with Crippen LogP contribution >= 0.6 is 0 Å². The Hall–Kier alpha value is -1.84. The molecule has 0 aliphatic carbocycles. The molecule has 0 atom stereocenters. The van der Waals surface area contributed by atoms with Crippen molar-refractivity contribution in [3.05, 3.63) is 34.9 Å². The van der Waals surface area contributed by atoms with Gasteiger partial charge < -0.3 is 9.80 Å². The van der Waals surface area contributed by atoms with Crippen molar-refractivity contribution >= 4 is 11.8 Å². The van der Waals surface area contributed by atoms with Crippen molar-refractivity contribution in [2.24, 2.45) is 5.41 Å². The minimum absolute atomic E-state index is 0.00695. The smallest absolute Gasteiger partial charge is 0.227 e. The molecule has 2 rings (SSSR count). The molecule has 0 bridgehead atoms. The summed E-state index contributed by atoms with van der Waals surface area (Å²) in [6.45, 7) is 12.9. The molecule has 1 aliphatic heterocycles. The van der Waals surface area contributed by atoms with E-state index in [0.29, 0.717) is 39.0 Å². The van der Waals surface area contributed by atoms with Crippen LogP contribution in [0.1, 0.15) is 43.9 Å². The molecular formula is C20H30N2O2. The quantitative estimate of drug-likeness (QED) is 0.855. The van der Waals surface area contributed by atoms with E-state index in [1.165, 1.54) is 11.1 Å². The van der Waals surface area contributed by atoms with Crippen LogP contribution in [0, 0.1) is 19.3 Å². The molecule has 1 aliphatic rings. The maximum absolute atomic E-state index is 12.5. The highest BCUT2D eigenvalue weighted by molar-refractivity contribution is 5.80. The average Bonchev–Trinajstić information content (AvgIpc) is 2.48. The number of hydrogen-bond donors (Lipinski definition) is 0. The molecule has 0 radical (unpaired) electrons. The first-order valence-electron chi connectivity index (χ1n) is 8.77. The molecule has 4 heteroatoms. The first-order chi connectivity index (χ1) is 11.2. The Morgan fingerprint density at radius 2 is 1.50 bits per heavy atom. The monoisotopic (exact) mass is 330 g/mol. The van der Waals surface area contributed by atoms with Gasteiger partial charge in [0.25, 0.3) is 0 Å². The van der Waals surface area contributed by atoms with E-state index in [1.54, 1.807) is 0 Å². The van der Waals surface area contributed by atoms with Crippen LogP contribution in [0.5, 0.6) is 0 Å². The first-order valence-corrected chi connectivity index (χ1v) is 8.77. The molecule has 1 aromatic carbocycles. The van der Waals surface area contributed by atoms with Gasteiger partial charge in [-0.3, -0.25) is 9.59 Å². The van der Waals surface area contributed by atoms with Gasteiger partial charge >= 0.3 is 0 Å². The number of piperazine rings is 1. The van der Waals surface area contributed by atoms with Gasteiger partial charge in [0.15, 0.2) is 0 Å². The van der Waals surface area contributed by atoms with Crippen molar-refractivity contribution in [1.82, 2.24) is 9.80 Å². The molecule has 0 N–H and O–H groups in total. The number of benzene rings is 1. The van der Waals surface area contributed by atoms with Crippen molar-refractivity contribution in [1.29, 1.82) is 0 Å². The Kier molecular flexibility index (Phi) is 5.68. The van der Waals surface area contributed by atoms with Crippen molar-refractivity contribution in [2.45, 2.75) is 47.5 Å². The molecule has 1 heterocycles. The van der Waals surface area contributed by atoms with Crippen molar-refractivity contribution < 1.29 is 9.59 Å². The van der Waals surface area contributed by atoms with Crippen LogP contribution in [0.15, 0.2) is 18.2 Å². The highest BCUT2D eigenvalue weighted by Gasteiger charge is 2.26. The fourth-order valence-electron chi connectivity index (χ4n) is 3.09. The fraction of sp³-hybridized carbons (Fsp3) is 0.600. The summed E-state index contributed by atoms with van der Waals surface area (Å²) in [4.78, 5) is 28.6. The molecule has 4 nitrogen and oxygen atoms in total. The summed E-state index contributed by atoms with van der Waals surface area (Å²) in [5, 5.41) is 0. The zero-order valence-corrected chi connectivity index (χ0v) is 15.7. The van der Waals surface area contributed by atoms with Gasteiger partial charge in [-0.05, 0) is 30.4 Å². The van der Waals surface area contributed by atoms with E-state index in [-0.39, 0.29) is 17.2 Å². The van der Waals surface area contributed by atoms with E-state index < -0.39 is 0 Å². The minimum atomic E-state index is 0.00695. The lowest BCUT2D eigenvalue weighted by Crippen LogP contribution is -2.51. The van der Waals surface area contributed by atoms with Gasteiger partial charge in [0, 0.05) is 32.6 Å². The average molecular weight is 330 g/mol. The van der Waals surface area contributed by atoms with E-state index in [2.05, 4.69) is 46.8 Å². The number of nitrogens with zero attached hydrogens (tertiary/aromatic N) is 2. The molecule has 0 aromatic heterocycles. The van der Waals surface area contributed by atoms with Crippen LogP contribution < -0.4 is 0 Å². The zero-order valence-electron chi connectivity index (χ0n) is 15.7. The number of hydrogen-bond acceptors (Lipinski definition) is 2. The molecule has 1 fully saturated rings. The normalized spacial score (nSPS) is 15.5. The third kappa shape index (κ3) is 5.08. The lowest BCUT2D eigenvalue weighted by atomic mass is 9.91. The standard InChI is InChI=1S/C20H30N2O2/c1-15-6-7-17(16(2)12-15)13-18(23)21-8-10-22(11-9-21)19(24)14-20(3,4)5/h6-7,12H,8-11,13-14H2,1-5H3. The molecule has 24 heavy (non-hydrogen) atoms. The zero-order chi connectivity index (χ0) is 17.9. The maximum Gasteiger partial charge on any atom is 0.227 e. The van der Waals surface area contributed by atoms with E-state index in [0.717, 1.165) is 5.56 Å². The van der Waals surface area contributed by atoms with Crippen LogP contribution in [0.3, 0.4) is 0 Å². The van der Waals surface area contributed by atoms with Gasteiger partial charge in [0.1, 0.15) is 0 Å². The summed E-state index contributed by atoms with van der Waals surface area (Å²) in [6.07, 6.45) is 1.01. The van der Waals surface area contributed by atoms with E-state index >= 15 is 0 Å². The predicted octanol–water partition coefficient (Wildman–Crippen LogP) is 2.95. The molecule has 132 valence electrons. The van der Waals surface area contributed by atoms with Gasteiger partial charge in [0.2, 0.25) is 11.8 Å². The number of carbonyl (C=O) groups excluding carboxylic acids is 2. The molecule has 0 saturated carbocycles. The highest BCUT2D eigenvalue weighted by atomic mass is 16.2. The fourth-order valence-corrected chi connectivity index (χ4v) is 3.09. The Morgan fingerprint density at radius 1 is 0.958 bits per heavy atom. The summed E-state index contributed by atoms with van der Waals surface area (Å²) in [6, 6.07) is 6.22. The Balaban J connectivity index is 1.87. The van der Waals surface area contributed by atoms with Gasteiger partial charge in [-0.2, -0.15) is 0 Å². The SMILES string of the molecule is Cc1ccc(CC(=O)N2CCN(C(=O)CC(C)(C)C)CC2)c(C)c1. The maximum atomic E-state index is 12.5. The second kappa shape index (κ2) is 7.37. The molecule has 1 saturated heterocycles. The summed E-state index contributed by atoms with van der Waals surface area (Å²) < 4.78 is 0. The Bertz CT molecular complexity index is 609. The molecule has 0 spiro atoms. The van der Waals surface area contributed by atoms with Crippen molar-refractivity contribution in [3.63, 3.8) is 0 Å². The molecule has 0 unspecified atom stereocenters. The van der Waals surface area contributed by atoms with Crippen LogP contribution in [0.4, 0.5) is 0 Å². The minimum Gasteiger partial charge on any atom is -0.339 e. The van der Waals surface area contributed by atoms with Crippen molar-refractivity contribution in [3.8, 4) is 0 Å². The summed E-state index contributed by atoms with van der Waals surface area (Å²) in [5.74, 6) is 0.355. The van der Waals surface area contributed by atoms with E-state index in [1.807, 2.05) is 15.9 Å². The van der Waals surface area contributed by atoms with Crippen LogP contribution in [0.2, 0.25) is 0 Å². The highest BCUT2D eigenvalue weighted by Crippen LogP contribution is 2.20. The lowest BCUT2D eigenvalue weighted by molar-refractivity contribution is -0.140. The van der Waals surface area contributed by atoms with Crippen LogP contribution in [-0.2, 0) is 16.0 Å². The van der Waals surface area contributed by atoms with Crippen LogP contribution in [-0.4, -0.2) is 47.8 Å². The molecule has 2 amide bonds. The van der Waals surface area contributed by atoms with Gasteiger partial charge in [-0.25, -0.2) is 0 Å². The van der Waals surface area contributed by atoms with Crippen molar-refractivity contribution in [2.75, 3.05) is 26.2 Å². The number of carbonyl (C=O) groups is 2. The number of rotatable bonds is 3. The molecule has 1 aromatic rings. The second-order valence-corrected chi connectivity index (χ2v) is 8.11. The largest absolute Gasteiger partial charge is 0.339 e. The van der Waals surface area contributed by atoms with E-state index in [9.17, 15) is 9.59 Å². The Morgan fingerprint density at radius 3 is 2.00 bits per heavy atom. The van der Waals surface area contributed by atoms with Gasteiger partial charge in [-0.1, -0.05) is 44.5 Å². The number of aryl methyl sites for hydroxylation is 2. The van der Waals surface area contributed by atoms with Gasteiger partial charge in [0.05, 0.1) is 6.42 Å². The second-order valence-electron chi connectivity index (χ2n) is 8.11. The Labute approximate surface area is 145 Å². The third-order valence-electron chi connectivity index (χ3n) is 4.51. The molecular weight excluding hydrogens is 300 g/mol. The summed E-state index contributed by atoms with van der Waals surface area (Å²) in [5.41, 5.74) is 3.49. The van der Waals surface area contributed by atoms with Crippen LogP contribution in [0.25, 0.3) is 0 Å². The summed E-state index contributed by atoms with van der Waals surface area (Å²) in [7, 11) is 0. The van der Waals surface area contributed by atoms with Gasteiger partial charge in [-0.15, -0.1) is 0 Å². The lowest BCUT2D eigenvalue weighted by Gasteiger charge is -2.36. The summed E-state index contributed by atoms with van der Waals surface area (Å²) >= 11 is 0. The number of amides is 2.